The van der Waals surface area contributed by atoms with Gasteiger partial charge >= 0.3 is 0 Å². The van der Waals surface area contributed by atoms with Gasteiger partial charge in [0.25, 0.3) is 0 Å². The van der Waals surface area contributed by atoms with Gasteiger partial charge in [-0.25, -0.2) is 0 Å². The predicted molar refractivity (Wildman–Crippen MR) is 80.8 cm³/mol. The number of benzene rings is 1. The fourth-order valence-corrected chi connectivity index (χ4v) is 2.51. The average Bonchev–Trinajstić information content (AvgIpc) is 2.37. The SMILES string of the molecule is COc1cccc(NC(=S)N2C[C@H](C)O[C@@H](C)C2)c1. The number of thiocarbonyl (C=S) groups is 1. The molecule has 0 bridgehead atoms. The van der Waals surface area contributed by atoms with Gasteiger partial charge < -0.3 is 19.7 Å². The van der Waals surface area contributed by atoms with E-state index in [1.807, 2.05) is 24.3 Å². The number of nitrogens with one attached hydrogen (secondary N) is 1. The van der Waals surface area contributed by atoms with Crippen molar-refractivity contribution < 1.29 is 9.47 Å². The van der Waals surface area contributed by atoms with E-state index >= 15 is 0 Å². The summed E-state index contributed by atoms with van der Waals surface area (Å²) < 4.78 is 10.9. The molecule has 0 spiro atoms. The summed E-state index contributed by atoms with van der Waals surface area (Å²) in [6.45, 7) is 5.77. The fourth-order valence-electron chi connectivity index (χ4n) is 2.25. The summed E-state index contributed by atoms with van der Waals surface area (Å²) in [6.07, 6.45) is 0.405. The minimum atomic E-state index is 0.203. The molecule has 0 aliphatic carbocycles. The van der Waals surface area contributed by atoms with Gasteiger partial charge in [-0.3, -0.25) is 0 Å². The van der Waals surface area contributed by atoms with Gasteiger partial charge in [0, 0.05) is 24.8 Å². The van der Waals surface area contributed by atoms with Crippen molar-refractivity contribution in [2.45, 2.75) is 26.1 Å². The summed E-state index contributed by atoms with van der Waals surface area (Å²) in [5, 5.41) is 3.98. The molecule has 1 saturated heterocycles. The van der Waals surface area contributed by atoms with Gasteiger partial charge in [0.1, 0.15) is 5.75 Å². The zero-order valence-corrected chi connectivity index (χ0v) is 12.4. The molecule has 2 atom stereocenters. The Labute approximate surface area is 119 Å². The summed E-state index contributed by atoms with van der Waals surface area (Å²) in [5.74, 6) is 0.816. The van der Waals surface area contributed by atoms with Crippen molar-refractivity contribution in [3.63, 3.8) is 0 Å². The van der Waals surface area contributed by atoms with E-state index in [4.69, 9.17) is 21.7 Å². The Hall–Kier alpha value is -1.33. The number of hydrogen-bond donors (Lipinski definition) is 1. The zero-order valence-electron chi connectivity index (χ0n) is 11.6. The van der Waals surface area contributed by atoms with Crippen molar-refractivity contribution in [2.75, 3.05) is 25.5 Å². The van der Waals surface area contributed by atoms with Crippen LogP contribution in [0.3, 0.4) is 0 Å². The van der Waals surface area contributed by atoms with Crippen molar-refractivity contribution in [3.8, 4) is 5.75 Å². The highest BCUT2D eigenvalue weighted by molar-refractivity contribution is 7.80. The van der Waals surface area contributed by atoms with Crippen molar-refractivity contribution in [1.82, 2.24) is 4.90 Å². The molecule has 104 valence electrons. The van der Waals surface area contributed by atoms with Crippen LogP contribution in [0.5, 0.6) is 5.75 Å². The lowest BCUT2D eigenvalue weighted by atomic mass is 10.2. The fraction of sp³-hybridized carbons (Fsp3) is 0.500. The number of hydrogen-bond acceptors (Lipinski definition) is 3. The van der Waals surface area contributed by atoms with E-state index in [1.54, 1.807) is 7.11 Å². The van der Waals surface area contributed by atoms with Crippen molar-refractivity contribution >= 4 is 23.0 Å². The third-order valence-corrected chi connectivity index (χ3v) is 3.39. The minimum Gasteiger partial charge on any atom is -0.497 e. The van der Waals surface area contributed by atoms with Gasteiger partial charge in [-0.2, -0.15) is 0 Å². The molecule has 1 N–H and O–H groups in total. The Morgan fingerprint density at radius 1 is 1.37 bits per heavy atom. The summed E-state index contributed by atoms with van der Waals surface area (Å²) in [7, 11) is 1.66. The molecular weight excluding hydrogens is 260 g/mol. The molecule has 1 aliphatic rings. The van der Waals surface area contributed by atoms with Crippen LogP contribution in [0.2, 0.25) is 0 Å². The predicted octanol–water partition coefficient (Wildman–Crippen LogP) is 2.50. The molecule has 19 heavy (non-hydrogen) atoms. The largest absolute Gasteiger partial charge is 0.497 e. The molecule has 1 heterocycles. The second-order valence-corrected chi connectivity index (χ2v) is 5.21. The van der Waals surface area contributed by atoms with E-state index in [0.29, 0.717) is 0 Å². The van der Waals surface area contributed by atoms with E-state index in [0.717, 1.165) is 29.6 Å². The van der Waals surface area contributed by atoms with E-state index in [2.05, 4.69) is 24.1 Å². The molecule has 0 aromatic heterocycles. The molecule has 1 aliphatic heterocycles. The Morgan fingerprint density at radius 2 is 2.05 bits per heavy atom. The summed E-state index contributed by atoms with van der Waals surface area (Å²) in [6, 6.07) is 7.75. The monoisotopic (exact) mass is 280 g/mol. The maximum atomic E-state index is 5.70. The number of methoxy groups -OCH3 is 1. The van der Waals surface area contributed by atoms with Crippen molar-refractivity contribution in [2.24, 2.45) is 0 Å². The lowest BCUT2D eigenvalue weighted by Gasteiger charge is -2.36. The molecule has 0 unspecified atom stereocenters. The van der Waals surface area contributed by atoms with Crippen molar-refractivity contribution in [3.05, 3.63) is 24.3 Å². The van der Waals surface area contributed by atoms with Gasteiger partial charge in [0.05, 0.1) is 19.3 Å². The molecular formula is C14H20N2O2S. The highest BCUT2D eigenvalue weighted by Gasteiger charge is 2.23. The van der Waals surface area contributed by atoms with Gasteiger partial charge in [-0.1, -0.05) is 6.07 Å². The highest BCUT2D eigenvalue weighted by atomic mass is 32.1. The van der Waals surface area contributed by atoms with Crippen LogP contribution < -0.4 is 10.1 Å². The molecule has 0 saturated carbocycles. The Morgan fingerprint density at radius 3 is 2.68 bits per heavy atom. The molecule has 5 heteroatoms. The van der Waals surface area contributed by atoms with Crippen LogP contribution in [-0.4, -0.2) is 42.4 Å². The normalized spacial score (nSPS) is 23.0. The number of ether oxygens (including phenoxy) is 2. The van der Waals surface area contributed by atoms with Crippen molar-refractivity contribution in [1.29, 1.82) is 0 Å². The van der Waals surface area contributed by atoms with E-state index in [1.165, 1.54) is 0 Å². The summed E-state index contributed by atoms with van der Waals surface area (Å²) in [5.41, 5.74) is 0.941. The van der Waals surface area contributed by atoms with Crippen LogP contribution in [0, 0.1) is 0 Å². The first-order valence-corrected chi connectivity index (χ1v) is 6.84. The average molecular weight is 280 g/mol. The minimum absolute atomic E-state index is 0.203. The van der Waals surface area contributed by atoms with Gasteiger partial charge in [-0.05, 0) is 38.2 Å². The topological polar surface area (TPSA) is 33.7 Å². The standard InChI is InChI=1S/C14H20N2O2S/c1-10-8-16(9-11(2)18-10)14(19)15-12-5-4-6-13(7-12)17-3/h4-7,10-11H,8-9H2,1-3H3,(H,15,19)/t10-,11-/m0/s1. The van der Waals surface area contributed by atoms with Gasteiger partial charge in [-0.15, -0.1) is 0 Å². The first-order chi connectivity index (χ1) is 9.08. The molecule has 4 nitrogen and oxygen atoms in total. The van der Waals surface area contributed by atoms with Crippen LogP contribution in [0.25, 0.3) is 0 Å². The maximum Gasteiger partial charge on any atom is 0.173 e. The van der Waals surface area contributed by atoms with Gasteiger partial charge in [0.2, 0.25) is 0 Å². The van der Waals surface area contributed by atoms with Crippen LogP contribution in [0.15, 0.2) is 24.3 Å². The number of nitrogens with zero attached hydrogens (tertiary/aromatic N) is 1. The quantitative estimate of drug-likeness (QED) is 0.842. The molecule has 1 aromatic carbocycles. The smallest absolute Gasteiger partial charge is 0.173 e. The molecule has 1 fully saturated rings. The summed E-state index contributed by atoms with van der Waals surface area (Å²) in [4.78, 5) is 2.15. The van der Waals surface area contributed by atoms with E-state index in [-0.39, 0.29) is 12.2 Å². The number of rotatable bonds is 2. The number of anilines is 1. The lowest BCUT2D eigenvalue weighted by Crippen LogP contribution is -2.49. The van der Waals surface area contributed by atoms with Crippen LogP contribution in [-0.2, 0) is 4.74 Å². The molecule has 0 radical (unpaired) electrons. The Kier molecular flexibility index (Phi) is 4.61. The van der Waals surface area contributed by atoms with E-state index < -0.39 is 0 Å². The maximum absolute atomic E-state index is 5.70. The number of morpholine rings is 1. The highest BCUT2D eigenvalue weighted by Crippen LogP contribution is 2.18. The lowest BCUT2D eigenvalue weighted by molar-refractivity contribution is -0.0473. The first-order valence-electron chi connectivity index (χ1n) is 6.44. The van der Waals surface area contributed by atoms with Crippen LogP contribution >= 0.6 is 12.2 Å². The Balaban J connectivity index is 2.00. The molecule has 1 aromatic rings. The molecule has 0 amide bonds. The third-order valence-electron chi connectivity index (χ3n) is 3.03. The zero-order chi connectivity index (χ0) is 13.8. The Bertz CT molecular complexity index is 443. The summed E-state index contributed by atoms with van der Waals surface area (Å²) >= 11 is 5.46. The second kappa shape index (κ2) is 6.21. The van der Waals surface area contributed by atoms with E-state index in [9.17, 15) is 0 Å². The second-order valence-electron chi connectivity index (χ2n) is 4.82. The first kappa shape index (κ1) is 14.1. The molecule has 2 rings (SSSR count). The van der Waals surface area contributed by atoms with Crippen LogP contribution in [0.1, 0.15) is 13.8 Å². The third kappa shape index (κ3) is 3.81. The van der Waals surface area contributed by atoms with Crippen LogP contribution in [0.4, 0.5) is 5.69 Å². The van der Waals surface area contributed by atoms with Gasteiger partial charge in [0.15, 0.2) is 5.11 Å².